The number of hydrogen-bond donors (Lipinski definition) is 1. The molecule has 1 heterocycles. The maximum absolute atomic E-state index is 14.3. The van der Waals surface area contributed by atoms with Crippen LogP contribution in [0.4, 0.5) is 4.39 Å². The van der Waals surface area contributed by atoms with Gasteiger partial charge in [0.2, 0.25) is 5.91 Å². The molecule has 32 heavy (non-hydrogen) atoms. The summed E-state index contributed by atoms with van der Waals surface area (Å²) >= 11 is 0. The number of halogens is 1. The second-order valence-electron chi connectivity index (χ2n) is 7.65. The number of amides is 2. The quantitative estimate of drug-likeness (QED) is 0.602. The molecule has 0 unspecified atom stereocenters. The van der Waals surface area contributed by atoms with E-state index in [1.165, 1.54) is 23.1 Å². The van der Waals surface area contributed by atoms with E-state index in [0.29, 0.717) is 31.1 Å². The van der Waals surface area contributed by atoms with Gasteiger partial charge in [-0.15, -0.1) is 0 Å². The Kier molecular flexibility index (Phi) is 8.05. The van der Waals surface area contributed by atoms with Crippen LogP contribution in [-0.4, -0.2) is 64.3 Å². The van der Waals surface area contributed by atoms with Gasteiger partial charge in [0.1, 0.15) is 17.3 Å². The summed E-state index contributed by atoms with van der Waals surface area (Å²) in [7, 11) is 4.73. The maximum atomic E-state index is 14.3. The van der Waals surface area contributed by atoms with Gasteiger partial charge in [-0.3, -0.25) is 9.59 Å². The highest BCUT2D eigenvalue weighted by molar-refractivity contribution is 5.95. The molecule has 3 rings (SSSR count). The Morgan fingerprint density at radius 2 is 1.88 bits per heavy atom. The Balaban J connectivity index is 1.90. The molecule has 1 aliphatic rings. The van der Waals surface area contributed by atoms with Crippen LogP contribution in [0.3, 0.4) is 0 Å². The van der Waals surface area contributed by atoms with E-state index in [0.717, 1.165) is 5.56 Å². The zero-order valence-electron chi connectivity index (χ0n) is 18.6. The molecule has 0 aromatic heterocycles. The van der Waals surface area contributed by atoms with Gasteiger partial charge in [0.25, 0.3) is 5.91 Å². The van der Waals surface area contributed by atoms with Crippen molar-refractivity contribution in [2.24, 2.45) is 5.92 Å². The number of carbonyl (C=O) groups is 2. The number of nitrogens with zero attached hydrogens (tertiary/aromatic N) is 1. The van der Waals surface area contributed by atoms with Crippen LogP contribution in [0.2, 0.25) is 0 Å². The van der Waals surface area contributed by atoms with Crippen LogP contribution in [0.1, 0.15) is 28.3 Å². The van der Waals surface area contributed by atoms with E-state index in [1.807, 2.05) is 6.07 Å². The van der Waals surface area contributed by atoms with Crippen LogP contribution >= 0.6 is 0 Å². The number of ether oxygens (including phenoxy) is 3. The fourth-order valence-electron chi connectivity index (χ4n) is 4.04. The van der Waals surface area contributed by atoms with E-state index in [4.69, 9.17) is 14.2 Å². The number of nitrogens with one attached hydrogen (secondary N) is 1. The summed E-state index contributed by atoms with van der Waals surface area (Å²) in [6, 6.07) is 11.3. The van der Waals surface area contributed by atoms with E-state index in [-0.39, 0.29) is 30.5 Å². The molecule has 0 bridgehead atoms. The van der Waals surface area contributed by atoms with Crippen LogP contribution in [-0.2, 0) is 9.53 Å². The van der Waals surface area contributed by atoms with Gasteiger partial charge in [0, 0.05) is 44.8 Å². The van der Waals surface area contributed by atoms with Crippen molar-refractivity contribution in [2.45, 2.75) is 12.3 Å². The molecule has 1 aliphatic heterocycles. The van der Waals surface area contributed by atoms with Crippen LogP contribution in [0, 0.1) is 11.7 Å². The smallest absolute Gasteiger partial charge is 0.256 e. The molecule has 2 amide bonds. The van der Waals surface area contributed by atoms with Gasteiger partial charge in [-0.1, -0.05) is 12.1 Å². The Labute approximate surface area is 187 Å². The molecule has 1 N–H and O–H groups in total. The lowest BCUT2D eigenvalue weighted by Gasteiger charge is -2.21. The van der Waals surface area contributed by atoms with Gasteiger partial charge in [0.15, 0.2) is 0 Å². The molecule has 0 saturated carbocycles. The summed E-state index contributed by atoms with van der Waals surface area (Å²) in [5.74, 6) is -0.815. The SMILES string of the molecule is COCCCNC(=O)[C@H]1CN(C(=O)c2ccccc2F)C[C@@H]1c1cc(OC)ccc1OC. The normalized spacial score (nSPS) is 17.8. The highest BCUT2D eigenvalue weighted by atomic mass is 19.1. The van der Waals surface area contributed by atoms with Crippen molar-refractivity contribution in [1.29, 1.82) is 0 Å². The molecule has 1 saturated heterocycles. The van der Waals surface area contributed by atoms with Crippen molar-refractivity contribution in [3.05, 3.63) is 59.4 Å². The summed E-state index contributed by atoms with van der Waals surface area (Å²) < 4.78 is 30.2. The van der Waals surface area contributed by atoms with Crippen LogP contribution in [0.25, 0.3) is 0 Å². The summed E-state index contributed by atoms with van der Waals surface area (Å²) in [4.78, 5) is 27.7. The summed E-state index contributed by atoms with van der Waals surface area (Å²) in [5.41, 5.74) is 0.762. The molecule has 1 fully saturated rings. The van der Waals surface area contributed by atoms with Crippen molar-refractivity contribution >= 4 is 11.8 Å². The first-order valence-electron chi connectivity index (χ1n) is 10.5. The average molecular weight is 445 g/mol. The van der Waals surface area contributed by atoms with Crippen molar-refractivity contribution in [3.63, 3.8) is 0 Å². The van der Waals surface area contributed by atoms with E-state index in [9.17, 15) is 14.0 Å². The standard InChI is InChI=1S/C24H29FN2O5/c1-30-12-6-11-26-23(28)20-15-27(24(29)17-7-4-5-8-21(17)25)14-19(20)18-13-16(31-2)9-10-22(18)32-3/h4-5,7-10,13,19-20H,6,11-12,14-15H2,1-3H3,(H,26,28)/t19-,20+/m1/s1. The summed E-state index contributed by atoms with van der Waals surface area (Å²) in [6.07, 6.45) is 0.681. The highest BCUT2D eigenvalue weighted by Crippen LogP contribution is 2.40. The summed E-state index contributed by atoms with van der Waals surface area (Å²) in [6.45, 7) is 1.43. The molecule has 0 spiro atoms. The Morgan fingerprint density at radius 1 is 1.09 bits per heavy atom. The number of carbonyl (C=O) groups excluding carboxylic acids is 2. The fourth-order valence-corrected chi connectivity index (χ4v) is 4.04. The summed E-state index contributed by atoms with van der Waals surface area (Å²) in [5, 5.41) is 2.93. The van der Waals surface area contributed by atoms with Gasteiger partial charge in [-0.05, 0) is 36.8 Å². The van der Waals surface area contributed by atoms with Gasteiger partial charge in [-0.25, -0.2) is 4.39 Å². The van der Waals surface area contributed by atoms with Gasteiger partial charge < -0.3 is 24.4 Å². The zero-order chi connectivity index (χ0) is 23.1. The predicted octanol–water partition coefficient (Wildman–Crippen LogP) is 2.85. The second kappa shape index (κ2) is 10.9. The Bertz CT molecular complexity index is 952. The predicted molar refractivity (Wildman–Crippen MR) is 118 cm³/mol. The van der Waals surface area contributed by atoms with Crippen molar-refractivity contribution < 1.29 is 28.2 Å². The zero-order valence-corrected chi connectivity index (χ0v) is 18.6. The molecular formula is C24H29FN2O5. The molecule has 0 radical (unpaired) electrons. The third-order valence-electron chi connectivity index (χ3n) is 5.71. The van der Waals surface area contributed by atoms with E-state index in [2.05, 4.69) is 5.32 Å². The molecule has 7 nitrogen and oxygen atoms in total. The molecule has 2 atom stereocenters. The molecule has 2 aromatic carbocycles. The minimum atomic E-state index is -0.583. The van der Waals surface area contributed by atoms with Crippen molar-refractivity contribution in [3.8, 4) is 11.5 Å². The molecule has 0 aliphatic carbocycles. The first-order chi connectivity index (χ1) is 15.5. The third kappa shape index (κ3) is 5.19. The lowest BCUT2D eigenvalue weighted by Crippen LogP contribution is -2.36. The van der Waals surface area contributed by atoms with Crippen LogP contribution in [0.5, 0.6) is 11.5 Å². The van der Waals surface area contributed by atoms with E-state index < -0.39 is 17.6 Å². The van der Waals surface area contributed by atoms with Crippen LogP contribution in [0.15, 0.2) is 42.5 Å². The van der Waals surface area contributed by atoms with Gasteiger partial charge in [0.05, 0.1) is 25.7 Å². The van der Waals surface area contributed by atoms with Crippen LogP contribution < -0.4 is 14.8 Å². The molecule has 2 aromatic rings. The number of methoxy groups -OCH3 is 3. The fraction of sp³-hybridized carbons (Fsp3) is 0.417. The Hall–Kier alpha value is -3.13. The number of rotatable bonds is 9. The number of hydrogen-bond acceptors (Lipinski definition) is 5. The van der Waals surface area contributed by atoms with Gasteiger partial charge >= 0.3 is 0 Å². The molecule has 172 valence electrons. The first-order valence-corrected chi connectivity index (χ1v) is 10.5. The monoisotopic (exact) mass is 444 g/mol. The minimum Gasteiger partial charge on any atom is -0.497 e. The van der Waals surface area contributed by atoms with E-state index in [1.54, 1.807) is 39.5 Å². The molecular weight excluding hydrogens is 415 g/mol. The van der Waals surface area contributed by atoms with Gasteiger partial charge in [-0.2, -0.15) is 0 Å². The second-order valence-corrected chi connectivity index (χ2v) is 7.65. The maximum Gasteiger partial charge on any atom is 0.256 e. The lowest BCUT2D eigenvalue weighted by molar-refractivity contribution is -0.125. The lowest BCUT2D eigenvalue weighted by atomic mass is 9.87. The number of likely N-dealkylation sites (tertiary alicyclic amines) is 1. The molecule has 8 heteroatoms. The topological polar surface area (TPSA) is 77.1 Å². The minimum absolute atomic E-state index is 0.00925. The first kappa shape index (κ1) is 23.5. The third-order valence-corrected chi connectivity index (χ3v) is 5.71. The van der Waals surface area contributed by atoms with E-state index >= 15 is 0 Å². The largest absolute Gasteiger partial charge is 0.497 e. The average Bonchev–Trinajstić information content (AvgIpc) is 3.26. The van der Waals surface area contributed by atoms with Crippen molar-refractivity contribution in [1.82, 2.24) is 10.2 Å². The highest BCUT2D eigenvalue weighted by Gasteiger charge is 2.42. The number of benzene rings is 2. The Morgan fingerprint density at radius 3 is 2.56 bits per heavy atom. The van der Waals surface area contributed by atoms with Crippen molar-refractivity contribution in [2.75, 3.05) is 47.6 Å².